The van der Waals surface area contributed by atoms with Crippen LogP contribution in [0.25, 0.3) is 30.3 Å². The summed E-state index contributed by atoms with van der Waals surface area (Å²) in [6.07, 6.45) is 0.471. The number of carboxylic acid groups (broad SMARTS) is 1. The largest absolute Gasteiger partial charge is 0.481 e. The Morgan fingerprint density at radius 2 is 1.73 bits per heavy atom. The number of aliphatic carboxylic acids is 1. The molecule has 5 aromatic rings. The van der Waals surface area contributed by atoms with Gasteiger partial charge in [0.2, 0.25) is 0 Å². The molecule has 0 saturated heterocycles. The van der Waals surface area contributed by atoms with Crippen molar-refractivity contribution in [3.63, 3.8) is 0 Å². The van der Waals surface area contributed by atoms with Gasteiger partial charge in [0.1, 0.15) is 17.7 Å². The van der Waals surface area contributed by atoms with Crippen LogP contribution in [0.15, 0.2) is 66.9 Å². The molecule has 0 spiro atoms. The SMILES string of the molecule is CC(OC(=O)Nc1c(-c2cc3sc(-c4ccc(CC(=O)O)cc4F)cc3s2)cnn1C)c1ccccc1. The Morgan fingerprint density at radius 1 is 1.05 bits per heavy atom. The fourth-order valence-corrected chi connectivity index (χ4v) is 6.42. The number of aryl methyl sites for hydroxylation is 1. The number of carbonyl (C=O) groups is 2. The van der Waals surface area contributed by atoms with Gasteiger partial charge >= 0.3 is 12.1 Å². The summed E-state index contributed by atoms with van der Waals surface area (Å²) < 4.78 is 23.8. The quantitative estimate of drug-likeness (QED) is 0.232. The third-order valence-corrected chi connectivity index (χ3v) is 8.20. The van der Waals surface area contributed by atoms with Gasteiger partial charge in [-0.3, -0.25) is 14.8 Å². The first-order chi connectivity index (χ1) is 17.8. The number of thiophene rings is 2. The van der Waals surface area contributed by atoms with Crippen LogP contribution < -0.4 is 5.32 Å². The highest BCUT2D eigenvalue weighted by Gasteiger charge is 2.20. The van der Waals surface area contributed by atoms with Gasteiger partial charge in [-0.05, 0) is 36.2 Å². The maximum Gasteiger partial charge on any atom is 0.413 e. The third kappa shape index (κ3) is 5.25. The molecule has 1 amide bonds. The minimum absolute atomic E-state index is 0.222. The Labute approximate surface area is 219 Å². The van der Waals surface area contributed by atoms with Gasteiger partial charge in [-0.2, -0.15) is 5.10 Å². The van der Waals surface area contributed by atoms with Crippen molar-refractivity contribution in [3.05, 3.63) is 83.8 Å². The minimum Gasteiger partial charge on any atom is -0.481 e. The normalized spacial score (nSPS) is 12.0. The van der Waals surface area contributed by atoms with Gasteiger partial charge < -0.3 is 9.84 Å². The number of fused-ring (bicyclic) bond motifs is 1. The summed E-state index contributed by atoms with van der Waals surface area (Å²) in [6, 6.07) is 17.9. The minimum atomic E-state index is -1.00. The number of anilines is 1. The fraction of sp³-hybridized carbons (Fsp3) is 0.148. The predicted octanol–water partition coefficient (Wildman–Crippen LogP) is 7.11. The summed E-state index contributed by atoms with van der Waals surface area (Å²) >= 11 is 2.96. The molecular formula is C27H22FN3O4S2. The second-order valence-corrected chi connectivity index (χ2v) is 10.6. The highest BCUT2D eigenvalue weighted by molar-refractivity contribution is 7.31. The molecule has 0 fully saturated rings. The zero-order valence-electron chi connectivity index (χ0n) is 19.9. The Morgan fingerprint density at radius 3 is 2.38 bits per heavy atom. The molecule has 2 N–H and O–H groups in total. The Balaban J connectivity index is 1.36. The highest BCUT2D eigenvalue weighted by atomic mass is 32.1. The zero-order valence-corrected chi connectivity index (χ0v) is 21.5. The summed E-state index contributed by atoms with van der Waals surface area (Å²) in [4.78, 5) is 25.2. The van der Waals surface area contributed by atoms with Crippen molar-refractivity contribution in [1.82, 2.24) is 9.78 Å². The van der Waals surface area contributed by atoms with E-state index in [0.717, 1.165) is 30.3 Å². The van der Waals surface area contributed by atoms with Crippen molar-refractivity contribution in [2.24, 2.45) is 7.05 Å². The standard InChI is InChI=1S/C27H22FN3O4S2/c1-15(17-6-4-3-5-7-17)35-27(34)30-26-19(14-29-31(26)2)22-13-24-23(37-22)12-21(36-24)18-9-8-16(10-20(18)28)11-25(32)33/h3-10,12-15H,11H2,1-2H3,(H,30,34)(H,32,33). The van der Waals surface area contributed by atoms with Crippen LogP contribution in [-0.2, 0) is 23.0 Å². The lowest BCUT2D eigenvalue weighted by Crippen LogP contribution is -2.18. The molecule has 37 heavy (non-hydrogen) atoms. The van der Waals surface area contributed by atoms with Crippen LogP contribution in [-0.4, -0.2) is 26.9 Å². The van der Waals surface area contributed by atoms with Gasteiger partial charge in [0.15, 0.2) is 0 Å². The average molecular weight is 536 g/mol. The third-order valence-electron chi connectivity index (χ3n) is 5.84. The van der Waals surface area contributed by atoms with Crippen LogP contribution in [0.5, 0.6) is 0 Å². The molecule has 10 heteroatoms. The lowest BCUT2D eigenvalue weighted by Gasteiger charge is -2.14. The molecule has 3 heterocycles. The van der Waals surface area contributed by atoms with Gasteiger partial charge in [-0.1, -0.05) is 42.5 Å². The smallest absolute Gasteiger partial charge is 0.413 e. The lowest BCUT2D eigenvalue weighted by molar-refractivity contribution is -0.136. The number of hydrogen-bond acceptors (Lipinski definition) is 6. The molecule has 0 aliphatic rings. The van der Waals surface area contributed by atoms with E-state index in [4.69, 9.17) is 9.84 Å². The molecule has 7 nitrogen and oxygen atoms in total. The van der Waals surface area contributed by atoms with Crippen molar-refractivity contribution < 1.29 is 23.8 Å². The molecule has 5 rings (SSSR count). The number of ether oxygens (including phenoxy) is 1. The number of hydrogen-bond donors (Lipinski definition) is 2. The highest BCUT2D eigenvalue weighted by Crippen LogP contribution is 2.43. The van der Waals surface area contributed by atoms with E-state index in [9.17, 15) is 14.0 Å². The van der Waals surface area contributed by atoms with Gasteiger partial charge in [0.25, 0.3) is 0 Å². The zero-order chi connectivity index (χ0) is 26.1. The lowest BCUT2D eigenvalue weighted by atomic mass is 10.1. The van der Waals surface area contributed by atoms with E-state index < -0.39 is 24.0 Å². The van der Waals surface area contributed by atoms with Crippen LogP contribution in [0, 0.1) is 5.82 Å². The van der Waals surface area contributed by atoms with E-state index in [-0.39, 0.29) is 6.42 Å². The molecule has 188 valence electrons. The molecular weight excluding hydrogens is 513 g/mol. The van der Waals surface area contributed by atoms with E-state index in [1.165, 1.54) is 28.7 Å². The maximum absolute atomic E-state index is 14.7. The Hall–Kier alpha value is -4.02. The van der Waals surface area contributed by atoms with E-state index >= 15 is 0 Å². The number of rotatable bonds is 7. The van der Waals surface area contributed by atoms with Crippen molar-refractivity contribution in [2.45, 2.75) is 19.4 Å². The topological polar surface area (TPSA) is 93.4 Å². The number of aromatic nitrogens is 2. The molecule has 2 aromatic carbocycles. The Bertz CT molecular complexity index is 1580. The summed E-state index contributed by atoms with van der Waals surface area (Å²) in [6.45, 7) is 1.81. The number of carbonyl (C=O) groups excluding carboxylic acids is 1. The van der Waals surface area contributed by atoms with Gasteiger partial charge in [-0.25, -0.2) is 9.18 Å². The first-order valence-electron chi connectivity index (χ1n) is 11.4. The summed E-state index contributed by atoms with van der Waals surface area (Å²) in [5.74, 6) is -0.936. The second kappa shape index (κ2) is 10.2. The molecule has 0 radical (unpaired) electrons. The number of nitrogens with zero attached hydrogens (tertiary/aromatic N) is 2. The maximum atomic E-state index is 14.7. The van der Waals surface area contributed by atoms with Crippen LogP contribution in [0.3, 0.4) is 0 Å². The van der Waals surface area contributed by atoms with Crippen LogP contribution in [0.2, 0.25) is 0 Å². The summed E-state index contributed by atoms with van der Waals surface area (Å²) in [7, 11) is 1.74. The summed E-state index contributed by atoms with van der Waals surface area (Å²) in [5.41, 5.74) is 2.50. The number of benzene rings is 2. The van der Waals surface area contributed by atoms with Crippen LogP contribution >= 0.6 is 22.7 Å². The number of halogens is 1. The van der Waals surface area contributed by atoms with E-state index in [1.54, 1.807) is 30.1 Å². The van der Waals surface area contributed by atoms with Gasteiger partial charge in [0.05, 0.1) is 18.2 Å². The molecule has 1 unspecified atom stereocenters. The molecule has 0 saturated carbocycles. The first kappa shape index (κ1) is 24.7. The monoisotopic (exact) mass is 535 g/mol. The molecule has 3 aromatic heterocycles. The van der Waals surface area contributed by atoms with E-state index in [0.29, 0.717) is 16.9 Å². The van der Waals surface area contributed by atoms with E-state index in [2.05, 4.69) is 10.4 Å². The predicted molar refractivity (Wildman–Crippen MR) is 144 cm³/mol. The van der Waals surface area contributed by atoms with Crippen molar-refractivity contribution in [1.29, 1.82) is 0 Å². The first-order valence-corrected chi connectivity index (χ1v) is 13.0. The van der Waals surface area contributed by atoms with Crippen LogP contribution in [0.1, 0.15) is 24.2 Å². The molecule has 1 atom stereocenters. The van der Waals surface area contributed by atoms with Gasteiger partial charge in [-0.15, -0.1) is 22.7 Å². The van der Waals surface area contributed by atoms with Crippen molar-refractivity contribution in [2.75, 3.05) is 5.32 Å². The van der Waals surface area contributed by atoms with E-state index in [1.807, 2.05) is 49.4 Å². The van der Waals surface area contributed by atoms with Crippen molar-refractivity contribution >= 4 is 50.0 Å². The fourth-order valence-electron chi connectivity index (χ4n) is 3.99. The Kier molecular flexibility index (Phi) is 6.77. The molecule has 0 aliphatic carbocycles. The van der Waals surface area contributed by atoms with Gasteiger partial charge in [0, 0.05) is 31.8 Å². The number of carboxylic acids is 1. The molecule has 0 aliphatic heterocycles. The second-order valence-electron chi connectivity index (χ2n) is 8.45. The number of nitrogens with one attached hydrogen (secondary N) is 1. The van der Waals surface area contributed by atoms with Crippen LogP contribution in [0.4, 0.5) is 15.0 Å². The summed E-state index contributed by atoms with van der Waals surface area (Å²) in [5, 5.41) is 16.1. The van der Waals surface area contributed by atoms with Crippen molar-refractivity contribution in [3.8, 4) is 20.9 Å². The number of amides is 1. The average Bonchev–Trinajstić information content (AvgIpc) is 3.53. The molecule has 0 bridgehead atoms.